The largest absolute Gasteiger partial charge is 0.347 e. The first-order valence-corrected chi connectivity index (χ1v) is 16.7. The van der Waals surface area contributed by atoms with Gasteiger partial charge >= 0.3 is 0 Å². The Morgan fingerprint density at radius 2 is 1.68 bits per heavy atom. The van der Waals surface area contributed by atoms with E-state index < -0.39 is 29.4 Å². The Bertz CT molecular complexity index is 1070. The average molecular weight is 604 g/mol. The molecule has 8 nitrogen and oxygen atoms in total. The number of carbonyl (C=O) groups excluding carboxylic acids is 5. The summed E-state index contributed by atoms with van der Waals surface area (Å²) in [4.78, 5) is 68.8. The summed E-state index contributed by atoms with van der Waals surface area (Å²) >= 11 is 3.95. The Hall–Kier alpha value is -2.17. The molecule has 41 heavy (non-hydrogen) atoms. The maximum atomic E-state index is 13.6. The van der Waals surface area contributed by atoms with Gasteiger partial charge in [-0.3, -0.25) is 28.9 Å². The predicted molar refractivity (Wildman–Crippen MR) is 166 cm³/mol. The summed E-state index contributed by atoms with van der Waals surface area (Å²) in [6, 6.07) is 7.80. The topological polar surface area (TPSA) is 104 Å². The highest BCUT2D eigenvalue weighted by Gasteiger charge is 2.47. The van der Waals surface area contributed by atoms with Crippen molar-refractivity contribution in [3.63, 3.8) is 0 Å². The number of thioether (sulfide) groups is 2. The Morgan fingerprint density at radius 1 is 1.02 bits per heavy atom. The first-order valence-electron chi connectivity index (χ1n) is 14.8. The number of rotatable bonds is 14. The fraction of sp³-hybridized carbons (Fsp3) is 0.645. The van der Waals surface area contributed by atoms with Crippen LogP contribution in [0.1, 0.15) is 76.8 Å². The van der Waals surface area contributed by atoms with Gasteiger partial charge in [-0.1, -0.05) is 50.6 Å². The highest BCUT2D eigenvalue weighted by Crippen LogP contribution is 2.49. The summed E-state index contributed by atoms with van der Waals surface area (Å²) in [6.45, 7) is 5.66. The minimum absolute atomic E-state index is 0.0336. The normalized spacial score (nSPS) is 20.1. The van der Waals surface area contributed by atoms with Gasteiger partial charge in [0.2, 0.25) is 17.6 Å². The Kier molecular flexibility index (Phi) is 12.9. The number of likely N-dealkylation sites (tertiary alicyclic amines) is 1. The highest BCUT2D eigenvalue weighted by molar-refractivity contribution is 8.18. The molecule has 1 N–H and O–H groups in total. The first kappa shape index (κ1) is 33.3. The number of nitrogens with one attached hydrogen (secondary N) is 1. The fourth-order valence-electron chi connectivity index (χ4n) is 5.58. The quantitative estimate of drug-likeness (QED) is 0.315. The third-order valence-electron chi connectivity index (χ3n) is 7.87. The maximum Gasteiger partial charge on any atom is 0.249 e. The van der Waals surface area contributed by atoms with Crippen molar-refractivity contribution in [2.24, 2.45) is 5.92 Å². The zero-order valence-electron chi connectivity index (χ0n) is 24.9. The number of hydrogen-bond donors (Lipinski definition) is 1. The van der Waals surface area contributed by atoms with Crippen LogP contribution in [0.5, 0.6) is 0 Å². The zero-order chi connectivity index (χ0) is 30.0. The molecule has 3 atom stereocenters. The molecule has 2 amide bonds. The molecule has 0 radical (unpaired) electrons. The van der Waals surface area contributed by atoms with Gasteiger partial charge in [-0.15, -0.1) is 23.5 Å². The minimum Gasteiger partial charge on any atom is -0.347 e. The molecule has 0 bridgehead atoms. The van der Waals surface area contributed by atoms with E-state index in [1.165, 1.54) is 17.7 Å². The summed E-state index contributed by atoms with van der Waals surface area (Å²) in [6.07, 6.45) is 3.94. The van der Waals surface area contributed by atoms with Crippen LogP contribution in [-0.2, 0) is 24.0 Å². The van der Waals surface area contributed by atoms with Gasteiger partial charge in [-0.05, 0) is 49.3 Å². The molecule has 226 valence electrons. The van der Waals surface area contributed by atoms with Crippen LogP contribution in [-0.4, -0.2) is 87.8 Å². The summed E-state index contributed by atoms with van der Waals surface area (Å²) < 4.78 is 0.0336. The minimum atomic E-state index is -0.879. The molecule has 2 aliphatic heterocycles. The number of amides is 2. The zero-order valence-corrected chi connectivity index (χ0v) is 26.5. The van der Waals surface area contributed by atoms with Gasteiger partial charge in [0.15, 0.2) is 11.6 Å². The summed E-state index contributed by atoms with van der Waals surface area (Å²) in [7, 11) is 3.22. The van der Waals surface area contributed by atoms with E-state index in [1.807, 2.05) is 36.5 Å². The van der Waals surface area contributed by atoms with Crippen molar-refractivity contribution in [2.75, 3.05) is 38.7 Å². The molecule has 0 saturated carbocycles. The van der Waals surface area contributed by atoms with Crippen molar-refractivity contribution >= 4 is 52.7 Å². The highest BCUT2D eigenvalue weighted by atomic mass is 32.2. The van der Waals surface area contributed by atoms with E-state index in [1.54, 1.807) is 38.4 Å². The Balaban J connectivity index is 1.59. The summed E-state index contributed by atoms with van der Waals surface area (Å²) in [5.41, 5.74) is 0.638. The van der Waals surface area contributed by atoms with Gasteiger partial charge in [0.25, 0.3) is 0 Å². The second kappa shape index (κ2) is 15.9. The van der Waals surface area contributed by atoms with Crippen LogP contribution in [0.4, 0.5) is 0 Å². The van der Waals surface area contributed by atoms with Crippen molar-refractivity contribution in [3.05, 3.63) is 35.9 Å². The monoisotopic (exact) mass is 603 g/mol. The van der Waals surface area contributed by atoms with E-state index in [0.717, 1.165) is 31.0 Å². The molecule has 2 saturated heterocycles. The molecule has 10 heteroatoms. The van der Waals surface area contributed by atoms with Crippen LogP contribution in [0, 0.1) is 5.92 Å². The van der Waals surface area contributed by atoms with Crippen molar-refractivity contribution in [1.82, 2.24) is 15.1 Å². The second-order valence-corrected chi connectivity index (χ2v) is 14.4. The lowest BCUT2D eigenvalue weighted by Crippen LogP contribution is -2.40. The van der Waals surface area contributed by atoms with Crippen LogP contribution < -0.4 is 5.32 Å². The van der Waals surface area contributed by atoms with Crippen molar-refractivity contribution in [1.29, 1.82) is 0 Å². The maximum absolute atomic E-state index is 13.6. The first-order chi connectivity index (χ1) is 19.6. The van der Waals surface area contributed by atoms with Gasteiger partial charge in [-0.25, -0.2) is 0 Å². The number of Topliss-reactive ketones (excluding diaryl/α,β-unsaturated/α-hetero) is 3. The molecule has 0 aromatic heterocycles. The fourth-order valence-corrected chi connectivity index (χ4v) is 8.92. The van der Waals surface area contributed by atoms with E-state index in [9.17, 15) is 24.0 Å². The Morgan fingerprint density at radius 3 is 2.27 bits per heavy atom. The Labute approximate surface area is 253 Å². The molecule has 2 fully saturated rings. The molecule has 2 heterocycles. The van der Waals surface area contributed by atoms with Gasteiger partial charge in [-0.2, -0.15) is 0 Å². The molecule has 1 spiro atoms. The molecule has 1 aromatic rings. The van der Waals surface area contributed by atoms with E-state index in [4.69, 9.17) is 0 Å². The number of hydrogen-bond acceptors (Lipinski definition) is 8. The number of nitrogens with zero attached hydrogens (tertiary/aromatic N) is 2. The molecule has 0 aliphatic carbocycles. The average Bonchev–Trinajstić information content (AvgIpc) is 3.18. The lowest BCUT2D eigenvalue weighted by Gasteiger charge is -2.26. The van der Waals surface area contributed by atoms with E-state index in [2.05, 4.69) is 17.1 Å². The molecule has 1 aromatic carbocycles. The van der Waals surface area contributed by atoms with Gasteiger partial charge < -0.3 is 10.2 Å². The third-order valence-corrected chi connectivity index (χ3v) is 11.2. The predicted octanol–water partition coefficient (Wildman–Crippen LogP) is 4.28. The van der Waals surface area contributed by atoms with Crippen molar-refractivity contribution in [3.8, 4) is 0 Å². The molecule has 3 rings (SSSR count). The van der Waals surface area contributed by atoms with Crippen LogP contribution in [0.3, 0.4) is 0 Å². The van der Waals surface area contributed by atoms with Crippen LogP contribution in [0.2, 0.25) is 0 Å². The molecule has 2 unspecified atom stereocenters. The number of carbonyl (C=O) groups is 5. The van der Waals surface area contributed by atoms with E-state index in [-0.39, 0.29) is 41.1 Å². The summed E-state index contributed by atoms with van der Waals surface area (Å²) in [5.74, 6) is -0.368. The number of likely N-dealkylation sites (N-methyl/N-ethyl adjacent to an activating group) is 2. The van der Waals surface area contributed by atoms with E-state index in [0.29, 0.717) is 18.4 Å². The standard InChI is InChI=1S/C31H45N3O5S2/c1-5-12-23(19-26(36)24-20-31(21-34(24)6-2)40-17-10-11-18-41-31)29(38)25(35)15-16-27(37)32-28(30(39)33(3)4)22-13-8-7-9-14-22/h7-9,13-14,23-24,28H,5-6,10-12,15-21H2,1-4H3,(H,32,37)/t23?,24?,28-/m0/s1. The second-order valence-electron chi connectivity index (χ2n) is 11.2. The van der Waals surface area contributed by atoms with Gasteiger partial charge in [0.05, 0.1) is 10.1 Å². The van der Waals surface area contributed by atoms with Gasteiger partial charge in [0.1, 0.15) is 6.04 Å². The molecule has 2 aliphatic rings. The molecular formula is C31H45N3O5S2. The SMILES string of the molecule is CCCC(CC(=O)C1CC2(CN1CC)SCCCCS2)C(=O)C(=O)CCC(=O)N[C@H](C(=O)N(C)C)c1ccccc1. The third kappa shape index (κ3) is 9.16. The molecular weight excluding hydrogens is 558 g/mol. The van der Waals surface area contributed by atoms with E-state index >= 15 is 0 Å². The lowest BCUT2D eigenvalue weighted by molar-refractivity contribution is -0.141. The van der Waals surface area contributed by atoms with Crippen molar-refractivity contribution < 1.29 is 24.0 Å². The van der Waals surface area contributed by atoms with Crippen LogP contribution in [0.15, 0.2) is 30.3 Å². The number of ketones is 3. The smallest absolute Gasteiger partial charge is 0.249 e. The van der Waals surface area contributed by atoms with Crippen molar-refractivity contribution in [2.45, 2.75) is 81.4 Å². The number of benzene rings is 1. The van der Waals surface area contributed by atoms with Crippen LogP contribution in [0.25, 0.3) is 0 Å². The lowest BCUT2D eigenvalue weighted by atomic mass is 9.87. The van der Waals surface area contributed by atoms with Gasteiger partial charge in [0, 0.05) is 45.8 Å². The summed E-state index contributed by atoms with van der Waals surface area (Å²) in [5, 5.41) is 2.72. The van der Waals surface area contributed by atoms with Crippen LogP contribution >= 0.6 is 23.5 Å².